The SMILES string of the molecule is Cc1ccc2[nH]c(=O)c([C@@H](c3nnnn3Cc3ccc(F)cc3)[NH+]3CCCCCC3)cc2c1. The molecule has 1 aliphatic heterocycles. The molecule has 2 N–H and O–H groups in total. The first kappa shape index (κ1) is 21.5. The maximum Gasteiger partial charge on any atom is 0.258 e. The second-order valence-electron chi connectivity index (χ2n) is 8.97. The molecule has 170 valence electrons. The van der Waals surface area contributed by atoms with Gasteiger partial charge in [0.05, 0.1) is 25.2 Å². The van der Waals surface area contributed by atoms with E-state index in [1.807, 2.05) is 25.1 Å². The van der Waals surface area contributed by atoms with Gasteiger partial charge in [0.1, 0.15) is 5.82 Å². The van der Waals surface area contributed by atoms with Crippen LogP contribution >= 0.6 is 0 Å². The highest BCUT2D eigenvalue weighted by molar-refractivity contribution is 5.79. The van der Waals surface area contributed by atoms with E-state index in [-0.39, 0.29) is 17.4 Å². The number of H-pyrrole nitrogens is 1. The molecule has 2 aromatic carbocycles. The fourth-order valence-corrected chi connectivity index (χ4v) is 4.86. The number of fused-ring (bicyclic) bond motifs is 1. The first-order valence-corrected chi connectivity index (χ1v) is 11.6. The smallest absolute Gasteiger partial charge is 0.258 e. The number of rotatable bonds is 5. The lowest BCUT2D eigenvalue weighted by Gasteiger charge is -2.26. The molecule has 0 saturated carbocycles. The van der Waals surface area contributed by atoms with Gasteiger partial charge in [0, 0.05) is 5.52 Å². The number of tetrazole rings is 1. The highest BCUT2D eigenvalue weighted by Gasteiger charge is 2.34. The van der Waals surface area contributed by atoms with Gasteiger partial charge >= 0.3 is 0 Å². The van der Waals surface area contributed by atoms with Crippen molar-refractivity contribution in [2.45, 2.75) is 45.2 Å². The number of nitrogens with zero attached hydrogens (tertiary/aromatic N) is 4. The van der Waals surface area contributed by atoms with Crippen LogP contribution in [-0.2, 0) is 6.54 Å². The molecule has 2 aromatic heterocycles. The van der Waals surface area contributed by atoms with Crippen molar-refractivity contribution >= 4 is 10.9 Å². The molecule has 0 aliphatic carbocycles. The predicted octanol–water partition coefficient (Wildman–Crippen LogP) is 2.56. The van der Waals surface area contributed by atoms with Crippen LogP contribution in [0.4, 0.5) is 4.39 Å². The third-order valence-corrected chi connectivity index (χ3v) is 6.56. The largest absolute Gasteiger partial charge is 0.322 e. The number of halogens is 1. The fourth-order valence-electron chi connectivity index (χ4n) is 4.86. The molecule has 1 atom stereocenters. The van der Waals surface area contributed by atoms with Crippen molar-refractivity contribution in [3.05, 3.63) is 87.2 Å². The molecule has 0 bridgehead atoms. The van der Waals surface area contributed by atoms with Crippen LogP contribution < -0.4 is 10.5 Å². The van der Waals surface area contributed by atoms with Crippen LogP contribution in [0.3, 0.4) is 0 Å². The molecule has 1 fully saturated rings. The number of pyridine rings is 1. The van der Waals surface area contributed by atoms with E-state index in [9.17, 15) is 9.18 Å². The number of aromatic amines is 1. The molecule has 4 aromatic rings. The Morgan fingerprint density at radius 2 is 1.82 bits per heavy atom. The number of nitrogens with one attached hydrogen (secondary N) is 2. The molecular weight excluding hydrogens is 419 g/mol. The quantitative estimate of drug-likeness (QED) is 0.493. The van der Waals surface area contributed by atoms with Crippen LogP contribution in [0.5, 0.6) is 0 Å². The number of quaternary nitrogens is 1. The molecule has 3 heterocycles. The summed E-state index contributed by atoms with van der Waals surface area (Å²) in [6.07, 6.45) is 4.61. The Kier molecular flexibility index (Phi) is 6.00. The summed E-state index contributed by atoms with van der Waals surface area (Å²) in [7, 11) is 0. The zero-order chi connectivity index (χ0) is 22.8. The van der Waals surface area contributed by atoms with Gasteiger partial charge in [-0.2, -0.15) is 0 Å². The second-order valence-corrected chi connectivity index (χ2v) is 8.97. The average molecular weight is 448 g/mol. The van der Waals surface area contributed by atoms with Crippen LogP contribution in [0, 0.1) is 12.7 Å². The van der Waals surface area contributed by atoms with Crippen molar-refractivity contribution < 1.29 is 9.29 Å². The summed E-state index contributed by atoms with van der Waals surface area (Å²) in [4.78, 5) is 17.7. The molecule has 1 aliphatic rings. The average Bonchev–Trinajstić information content (AvgIpc) is 3.08. The zero-order valence-corrected chi connectivity index (χ0v) is 18.7. The van der Waals surface area contributed by atoms with Gasteiger partial charge in [-0.15, -0.1) is 5.10 Å². The number of hydrogen-bond acceptors (Lipinski definition) is 4. The number of aryl methyl sites for hydroxylation is 1. The Labute approximate surface area is 191 Å². The Morgan fingerprint density at radius 3 is 2.58 bits per heavy atom. The van der Waals surface area contributed by atoms with Gasteiger partial charge in [-0.1, -0.05) is 23.8 Å². The summed E-state index contributed by atoms with van der Waals surface area (Å²) in [5, 5.41) is 13.6. The number of hydrogen-bond donors (Lipinski definition) is 2. The Hall–Kier alpha value is -3.39. The van der Waals surface area contributed by atoms with E-state index in [1.165, 1.54) is 29.9 Å². The first-order valence-electron chi connectivity index (χ1n) is 11.6. The van der Waals surface area contributed by atoms with Gasteiger partial charge in [-0.3, -0.25) is 4.79 Å². The molecule has 0 radical (unpaired) electrons. The lowest BCUT2D eigenvalue weighted by atomic mass is 10.0. The predicted molar refractivity (Wildman–Crippen MR) is 124 cm³/mol. The minimum atomic E-state index is -0.285. The summed E-state index contributed by atoms with van der Waals surface area (Å²) >= 11 is 0. The van der Waals surface area contributed by atoms with E-state index in [0.717, 1.165) is 48.0 Å². The molecule has 33 heavy (non-hydrogen) atoms. The number of benzene rings is 2. The second kappa shape index (κ2) is 9.23. The summed E-state index contributed by atoms with van der Waals surface area (Å²) in [6, 6.07) is 14.1. The molecule has 1 saturated heterocycles. The number of aromatic nitrogens is 5. The van der Waals surface area contributed by atoms with E-state index in [4.69, 9.17) is 0 Å². The lowest BCUT2D eigenvalue weighted by molar-refractivity contribution is -0.925. The van der Waals surface area contributed by atoms with E-state index >= 15 is 0 Å². The van der Waals surface area contributed by atoms with Crippen LogP contribution in [-0.4, -0.2) is 38.3 Å². The van der Waals surface area contributed by atoms with Crippen LogP contribution in [0.25, 0.3) is 10.9 Å². The van der Waals surface area contributed by atoms with Crippen molar-refractivity contribution in [1.29, 1.82) is 0 Å². The Balaban J connectivity index is 1.61. The summed E-state index contributed by atoms with van der Waals surface area (Å²) in [5.41, 5.74) is 3.44. The topological polar surface area (TPSA) is 80.9 Å². The minimum Gasteiger partial charge on any atom is -0.322 e. The van der Waals surface area contributed by atoms with Gasteiger partial charge in [0.25, 0.3) is 5.56 Å². The summed E-state index contributed by atoms with van der Waals surface area (Å²) < 4.78 is 15.1. The van der Waals surface area contributed by atoms with Crippen molar-refractivity contribution in [2.24, 2.45) is 0 Å². The van der Waals surface area contributed by atoms with Gasteiger partial charge in [0.15, 0.2) is 6.04 Å². The molecule has 0 spiro atoms. The standard InChI is InChI=1S/C25H27FN6O/c1-17-6-11-22-19(14-17)15-21(25(33)27-22)23(31-12-4-2-3-5-13-31)24-28-29-30-32(24)16-18-7-9-20(26)10-8-18/h6-11,14-15,23H,2-5,12-13,16H2,1H3,(H,27,33)/p+1/t23-/m0/s1. The summed E-state index contributed by atoms with van der Waals surface area (Å²) in [5.74, 6) is 0.384. The minimum absolute atomic E-state index is 0.107. The Morgan fingerprint density at radius 1 is 1.06 bits per heavy atom. The molecule has 7 nitrogen and oxygen atoms in total. The summed E-state index contributed by atoms with van der Waals surface area (Å²) in [6.45, 7) is 4.38. The van der Waals surface area contributed by atoms with Gasteiger partial charge in [-0.25, -0.2) is 9.07 Å². The monoisotopic (exact) mass is 447 g/mol. The van der Waals surface area contributed by atoms with Crippen molar-refractivity contribution in [3.8, 4) is 0 Å². The van der Waals surface area contributed by atoms with Crippen LogP contribution in [0.15, 0.2) is 53.3 Å². The normalized spacial score (nSPS) is 16.1. The number of likely N-dealkylation sites (tertiary alicyclic amines) is 1. The molecule has 0 amide bonds. The van der Waals surface area contributed by atoms with Crippen LogP contribution in [0.2, 0.25) is 0 Å². The van der Waals surface area contributed by atoms with E-state index < -0.39 is 0 Å². The van der Waals surface area contributed by atoms with E-state index in [1.54, 1.807) is 16.8 Å². The third-order valence-electron chi connectivity index (χ3n) is 6.56. The molecule has 5 rings (SSSR count). The highest BCUT2D eigenvalue weighted by atomic mass is 19.1. The molecule has 8 heteroatoms. The van der Waals surface area contributed by atoms with Crippen molar-refractivity contribution in [1.82, 2.24) is 25.2 Å². The van der Waals surface area contributed by atoms with Crippen LogP contribution in [0.1, 0.15) is 54.2 Å². The molecule has 0 unspecified atom stereocenters. The van der Waals surface area contributed by atoms with Gasteiger partial charge < -0.3 is 9.88 Å². The first-order chi connectivity index (χ1) is 16.1. The maximum atomic E-state index is 13.4. The van der Waals surface area contributed by atoms with E-state index in [0.29, 0.717) is 17.9 Å². The lowest BCUT2D eigenvalue weighted by Crippen LogP contribution is -3.12. The van der Waals surface area contributed by atoms with Crippen molar-refractivity contribution in [2.75, 3.05) is 13.1 Å². The third kappa shape index (κ3) is 4.57. The van der Waals surface area contributed by atoms with Gasteiger partial charge in [0.2, 0.25) is 5.82 Å². The maximum absolute atomic E-state index is 13.4. The van der Waals surface area contributed by atoms with E-state index in [2.05, 4.69) is 26.6 Å². The zero-order valence-electron chi connectivity index (χ0n) is 18.7. The highest BCUT2D eigenvalue weighted by Crippen LogP contribution is 2.21. The molecular formula is C25H28FN6O+. The van der Waals surface area contributed by atoms with Gasteiger partial charge in [-0.05, 0) is 84.3 Å². The fraction of sp³-hybridized carbons (Fsp3) is 0.360. The van der Waals surface area contributed by atoms with Crippen molar-refractivity contribution in [3.63, 3.8) is 0 Å². The Bertz CT molecular complexity index is 1300.